The largest absolute Gasteiger partial charge is 0.478 e. The number of carboxylic acid groups (broad SMARTS) is 1. The topological polar surface area (TPSA) is 76.2 Å². The summed E-state index contributed by atoms with van der Waals surface area (Å²) in [5, 5.41) is 9.26. The zero-order chi connectivity index (χ0) is 10.3. The van der Waals surface area contributed by atoms with Crippen LogP contribution >= 0.6 is 11.6 Å². The maximum Gasteiger partial charge on any atom is 0.340 e. The van der Waals surface area contributed by atoms with E-state index in [9.17, 15) is 4.79 Å². The van der Waals surface area contributed by atoms with E-state index in [1.807, 2.05) is 0 Å². The summed E-state index contributed by atoms with van der Waals surface area (Å²) in [6.07, 6.45) is 1.34. The Labute approximate surface area is 83.3 Å². The molecule has 0 bridgehead atoms. The van der Waals surface area contributed by atoms with E-state index >= 15 is 0 Å². The molecule has 0 unspecified atom stereocenters. The zero-order valence-electron chi connectivity index (χ0n) is 7.11. The van der Waals surface area contributed by atoms with Gasteiger partial charge in [-0.2, -0.15) is 4.98 Å². The molecule has 2 aromatic rings. The summed E-state index contributed by atoms with van der Waals surface area (Å²) in [4.78, 5) is 18.3. The molecule has 2 rings (SSSR count). The van der Waals surface area contributed by atoms with Crippen molar-refractivity contribution in [2.45, 2.75) is 6.92 Å². The highest BCUT2D eigenvalue weighted by Gasteiger charge is 2.18. The quantitative estimate of drug-likeness (QED) is 0.731. The van der Waals surface area contributed by atoms with Gasteiger partial charge in [0.1, 0.15) is 11.3 Å². The Morgan fingerprint density at radius 3 is 3.00 bits per heavy atom. The van der Waals surface area contributed by atoms with Crippen LogP contribution in [0.15, 0.2) is 10.6 Å². The van der Waals surface area contributed by atoms with E-state index in [1.165, 1.54) is 6.20 Å². The van der Waals surface area contributed by atoms with Gasteiger partial charge in [0, 0.05) is 6.20 Å². The number of hydrogen-bond acceptors (Lipinski definition) is 4. The second kappa shape index (κ2) is 2.95. The fourth-order valence-corrected chi connectivity index (χ4v) is 1.37. The van der Waals surface area contributed by atoms with Gasteiger partial charge in [-0.15, -0.1) is 0 Å². The smallest absolute Gasteiger partial charge is 0.340 e. The average Bonchev–Trinajstić information content (AvgIpc) is 2.39. The maximum atomic E-state index is 10.8. The van der Waals surface area contributed by atoms with Crippen molar-refractivity contribution in [2.75, 3.05) is 0 Å². The molecule has 0 aliphatic rings. The molecule has 1 N–H and O–H groups in total. The predicted octanol–water partition coefficient (Wildman–Crippen LogP) is 1.88. The lowest BCUT2D eigenvalue weighted by molar-refractivity contribution is 0.0697. The number of furan rings is 1. The molecule has 0 radical (unpaired) electrons. The van der Waals surface area contributed by atoms with Gasteiger partial charge in [-0.05, 0) is 18.5 Å². The minimum atomic E-state index is -1.06. The number of fused-ring (bicyclic) bond motifs is 1. The van der Waals surface area contributed by atoms with Crippen LogP contribution in [0.1, 0.15) is 16.1 Å². The van der Waals surface area contributed by atoms with Gasteiger partial charge in [0.2, 0.25) is 11.0 Å². The minimum Gasteiger partial charge on any atom is -0.478 e. The van der Waals surface area contributed by atoms with Crippen molar-refractivity contribution in [3.05, 3.63) is 22.8 Å². The third-order valence-corrected chi connectivity index (χ3v) is 1.99. The number of nitrogens with zero attached hydrogens (tertiary/aromatic N) is 2. The SMILES string of the molecule is Cc1oc2nc(Cl)ncc2c1C(=O)O. The highest BCUT2D eigenvalue weighted by molar-refractivity contribution is 6.28. The summed E-state index contributed by atoms with van der Waals surface area (Å²) in [5.41, 5.74) is 0.275. The molecule has 0 spiro atoms. The van der Waals surface area contributed by atoms with Crippen molar-refractivity contribution < 1.29 is 14.3 Å². The van der Waals surface area contributed by atoms with E-state index in [0.29, 0.717) is 11.1 Å². The van der Waals surface area contributed by atoms with E-state index in [0.717, 1.165) is 0 Å². The number of hydrogen-bond donors (Lipinski definition) is 1. The molecule has 0 atom stereocenters. The van der Waals surface area contributed by atoms with E-state index in [1.54, 1.807) is 6.92 Å². The molecule has 5 nitrogen and oxygen atoms in total. The Hall–Kier alpha value is -1.62. The van der Waals surface area contributed by atoms with Crippen LogP contribution in [-0.4, -0.2) is 21.0 Å². The second-order valence-corrected chi connectivity index (χ2v) is 3.03. The molecule has 6 heteroatoms. The molecule has 0 fully saturated rings. The summed E-state index contributed by atoms with van der Waals surface area (Å²) >= 11 is 5.53. The van der Waals surface area contributed by atoms with Gasteiger partial charge in [0.25, 0.3) is 0 Å². The van der Waals surface area contributed by atoms with Crippen LogP contribution in [0.2, 0.25) is 5.28 Å². The van der Waals surface area contributed by atoms with Gasteiger partial charge in [-0.1, -0.05) is 0 Å². The van der Waals surface area contributed by atoms with E-state index < -0.39 is 5.97 Å². The maximum absolute atomic E-state index is 10.8. The van der Waals surface area contributed by atoms with Crippen LogP contribution in [0, 0.1) is 6.92 Å². The Balaban J connectivity index is 2.84. The van der Waals surface area contributed by atoms with Crippen LogP contribution in [0.25, 0.3) is 11.1 Å². The summed E-state index contributed by atoms with van der Waals surface area (Å²) in [7, 11) is 0. The van der Waals surface area contributed by atoms with Crippen LogP contribution in [-0.2, 0) is 0 Å². The lowest BCUT2D eigenvalue weighted by Crippen LogP contribution is -1.96. The van der Waals surface area contributed by atoms with Crippen molar-refractivity contribution in [2.24, 2.45) is 0 Å². The lowest BCUT2D eigenvalue weighted by atomic mass is 10.2. The summed E-state index contributed by atoms with van der Waals surface area (Å²) in [6, 6.07) is 0. The second-order valence-electron chi connectivity index (χ2n) is 2.70. The first-order valence-electron chi connectivity index (χ1n) is 3.74. The number of halogens is 1. The van der Waals surface area contributed by atoms with Crippen LogP contribution < -0.4 is 0 Å². The molecule has 2 aromatic heterocycles. The zero-order valence-corrected chi connectivity index (χ0v) is 7.87. The van der Waals surface area contributed by atoms with Crippen LogP contribution in [0.3, 0.4) is 0 Å². The Kier molecular flexibility index (Phi) is 1.89. The number of rotatable bonds is 1. The Morgan fingerprint density at radius 1 is 1.64 bits per heavy atom. The lowest BCUT2D eigenvalue weighted by Gasteiger charge is -1.89. The van der Waals surface area contributed by atoms with E-state index in [4.69, 9.17) is 21.1 Å². The minimum absolute atomic E-state index is 0.0307. The molecule has 0 aromatic carbocycles. The molecular weight excluding hydrogens is 208 g/mol. The monoisotopic (exact) mass is 212 g/mol. The molecule has 72 valence electrons. The van der Waals surface area contributed by atoms with Gasteiger partial charge in [-0.25, -0.2) is 9.78 Å². The average molecular weight is 213 g/mol. The van der Waals surface area contributed by atoms with Crippen molar-refractivity contribution in [3.8, 4) is 0 Å². The first-order valence-corrected chi connectivity index (χ1v) is 4.12. The van der Waals surface area contributed by atoms with Gasteiger partial charge < -0.3 is 9.52 Å². The normalized spacial score (nSPS) is 10.7. The van der Waals surface area contributed by atoms with Crippen molar-refractivity contribution >= 4 is 28.7 Å². The number of carbonyl (C=O) groups is 1. The van der Waals surface area contributed by atoms with Gasteiger partial charge >= 0.3 is 5.97 Å². The van der Waals surface area contributed by atoms with E-state index in [-0.39, 0.29) is 16.6 Å². The number of aromatic nitrogens is 2. The molecule has 0 aliphatic heterocycles. The highest BCUT2D eigenvalue weighted by atomic mass is 35.5. The van der Waals surface area contributed by atoms with E-state index in [2.05, 4.69) is 9.97 Å². The number of aryl methyl sites for hydroxylation is 1. The van der Waals surface area contributed by atoms with Gasteiger partial charge in [0.05, 0.1) is 5.39 Å². The fourth-order valence-electron chi connectivity index (χ4n) is 1.25. The molecule has 0 saturated carbocycles. The summed E-state index contributed by atoms with van der Waals surface area (Å²) < 4.78 is 5.12. The Morgan fingerprint density at radius 2 is 2.36 bits per heavy atom. The fraction of sp³-hybridized carbons (Fsp3) is 0.125. The molecule has 2 heterocycles. The van der Waals surface area contributed by atoms with Gasteiger partial charge in [-0.3, -0.25) is 0 Å². The predicted molar refractivity (Wildman–Crippen MR) is 48.5 cm³/mol. The van der Waals surface area contributed by atoms with Crippen molar-refractivity contribution in [1.29, 1.82) is 0 Å². The highest BCUT2D eigenvalue weighted by Crippen LogP contribution is 2.23. The van der Waals surface area contributed by atoms with Crippen LogP contribution in [0.4, 0.5) is 0 Å². The first kappa shape index (κ1) is 8.96. The standard InChI is InChI=1S/C8H5ClN2O3/c1-3-5(7(12)13)4-2-10-8(9)11-6(4)14-3/h2H,1H3,(H,12,13). The first-order chi connectivity index (χ1) is 6.59. The summed E-state index contributed by atoms with van der Waals surface area (Å²) in [5.74, 6) is -0.767. The van der Waals surface area contributed by atoms with Crippen LogP contribution in [0.5, 0.6) is 0 Å². The molecule has 0 aliphatic carbocycles. The van der Waals surface area contributed by atoms with Crippen molar-refractivity contribution in [1.82, 2.24) is 9.97 Å². The number of carboxylic acids is 1. The summed E-state index contributed by atoms with van der Waals surface area (Å²) in [6.45, 7) is 1.55. The molecular formula is C8H5ClN2O3. The molecule has 0 amide bonds. The van der Waals surface area contributed by atoms with Gasteiger partial charge in [0.15, 0.2) is 0 Å². The van der Waals surface area contributed by atoms with Crippen molar-refractivity contribution in [3.63, 3.8) is 0 Å². The Bertz CT molecular complexity index is 521. The number of aromatic carboxylic acids is 1. The third kappa shape index (κ3) is 1.22. The third-order valence-electron chi connectivity index (χ3n) is 1.81. The molecule has 14 heavy (non-hydrogen) atoms. The molecule has 0 saturated heterocycles.